The molecule has 0 atom stereocenters. The molecule has 0 radical (unpaired) electrons. The van der Waals surface area contributed by atoms with Crippen LogP contribution in [0.2, 0.25) is 0 Å². The number of para-hydroxylation sites is 2. The highest BCUT2D eigenvalue weighted by atomic mass is 16.3. The van der Waals surface area contributed by atoms with E-state index in [1.165, 1.54) is 126 Å². The summed E-state index contributed by atoms with van der Waals surface area (Å²) in [5.74, 6) is 0. The third-order valence-corrected chi connectivity index (χ3v) is 16.3. The Morgan fingerprint density at radius 2 is 0.917 bits per heavy atom. The van der Waals surface area contributed by atoms with E-state index >= 15 is 0 Å². The van der Waals surface area contributed by atoms with Crippen molar-refractivity contribution in [1.82, 2.24) is 13.4 Å². The molecule has 72 heavy (non-hydrogen) atoms. The number of furan rings is 1. The molecule has 0 bridgehead atoms. The predicted octanol–water partition coefficient (Wildman–Crippen LogP) is 19.1. The number of benzene rings is 9. The van der Waals surface area contributed by atoms with Gasteiger partial charge >= 0.3 is 0 Å². The fraction of sp³-hybridized carbons (Fsp3) is 0.176. The average Bonchev–Trinajstić information content (AvgIpc) is 4.22. The zero-order valence-corrected chi connectivity index (χ0v) is 42.4. The lowest BCUT2D eigenvalue weighted by atomic mass is 9.83. The fourth-order valence-electron chi connectivity index (χ4n) is 12.6. The van der Waals surface area contributed by atoms with Crippen LogP contribution in [-0.4, -0.2) is 13.4 Å². The number of rotatable bonds is 3. The highest BCUT2D eigenvalue weighted by Gasteiger charge is 2.31. The van der Waals surface area contributed by atoms with Gasteiger partial charge in [0.15, 0.2) is 5.58 Å². The van der Waals surface area contributed by atoms with E-state index in [2.05, 4.69) is 246 Å². The molecule has 15 aromatic rings. The van der Waals surface area contributed by atoms with Gasteiger partial charge in [0.1, 0.15) is 11.1 Å². The molecule has 0 spiro atoms. The van der Waals surface area contributed by atoms with Gasteiger partial charge < -0.3 is 17.8 Å². The summed E-state index contributed by atoms with van der Waals surface area (Å²) in [6.45, 7) is 21.2. The van der Waals surface area contributed by atoms with Crippen LogP contribution < -0.4 is 0 Å². The predicted molar refractivity (Wildman–Crippen MR) is 307 cm³/mol. The van der Waals surface area contributed by atoms with Crippen molar-refractivity contribution in [3.63, 3.8) is 0 Å². The molecule has 9 aromatic carbocycles. The van der Waals surface area contributed by atoms with Gasteiger partial charge in [-0.25, -0.2) is 0 Å². The molecule has 0 N–H and O–H groups in total. The number of hydrogen-bond acceptors (Lipinski definition) is 1. The molecule has 0 saturated heterocycles. The minimum absolute atomic E-state index is 0.0671. The topological polar surface area (TPSA) is 26.9 Å². The maximum atomic E-state index is 6.82. The summed E-state index contributed by atoms with van der Waals surface area (Å²) in [6.07, 6.45) is 0. The summed E-state index contributed by atoms with van der Waals surface area (Å²) >= 11 is 0. The van der Waals surface area contributed by atoms with Gasteiger partial charge in [-0.3, -0.25) is 0 Å². The van der Waals surface area contributed by atoms with Gasteiger partial charge in [0, 0.05) is 65.1 Å². The summed E-state index contributed by atoms with van der Waals surface area (Å²) < 4.78 is 14.5. The standard InChI is InChI=1S/C68H55N3O/c1-66(2,3)41-32-48(40-26-28-56-49(31-40)45-22-13-15-24-55(45)69(56)44-21-17-20-39(30-44)38-18-11-10-12-19-38)60-51(34-41)52-35-42(67(4,5)6)33-50-46-27-29-57-59(63(46)71(60)61(50)52)53-36-43(68(7,8)9)37-54-62(53)70(57)64-47-23-14-16-25-58(47)72-65(54)64/h10-37H,1-9H3. The van der Waals surface area contributed by atoms with Crippen LogP contribution in [0.15, 0.2) is 174 Å². The number of fused-ring (bicyclic) bond motifs is 18. The zero-order chi connectivity index (χ0) is 48.9. The molecule has 0 aliphatic carbocycles. The van der Waals surface area contributed by atoms with Gasteiger partial charge in [-0.15, -0.1) is 0 Å². The van der Waals surface area contributed by atoms with Crippen molar-refractivity contribution in [2.24, 2.45) is 0 Å². The van der Waals surface area contributed by atoms with Gasteiger partial charge in [-0.2, -0.15) is 0 Å². The molecule has 0 unspecified atom stereocenters. The van der Waals surface area contributed by atoms with Gasteiger partial charge in [-0.05, 0) is 135 Å². The molecule has 0 aliphatic rings. The molecule has 4 nitrogen and oxygen atoms in total. The van der Waals surface area contributed by atoms with Crippen LogP contribution in [0.3, 0.4) is 0 Å². The van der Waals surface area contributed by atoms with Crippen molar-refractivity contribution in [2.45, 2.75) is 78.6 Å². The summed E-state index contributed by atoms with van der Waals surface area (Å²) in [7, 11) is 0. The van der Waals surface area contributed by atoms with E-state index in [-0.39, 0.29) is 16.2 Å². The Bertz CT molecular complexity index is 4780. The van der Waals surface area contributed by atoms with Crippen LogP contribution in [0.1, 0.15) is 79.0 Å². The van der Waals surface area contributed by atoms with Gasteiger partial charge in [0.05, 0.1) is 38.6 Å². The Balaban J connectivity index is 1.11. The Hall–Kier alpha value is -8.08. The van der Waals surface area contributed by atoms with Crippen molar-refractivity contribution in [3.05, 3.63) is 187 Å². The second-order valence-electron chi connectivity index (χ2n) is 23.8. The first-order valence-corrected chi connectivity index (χ1v) is 25.7. The van der Waals surface area contributed by atoms with Crippen molar-refractivity contribution in [2.75, 3.05) is 0 Å². The fourth-order valence-corrected chi connectivity index (χ4v) is 12.6. The first-order chi connectivity index (χ1) is 34.6. The third-order valence-electron chi connectivity index (χ3n) is 16.3. The minimum atomic E-state index is -0.101. The van der Waals surface area contributed by atoms with Crippen LogP contribution in [0.25, 0.3) is 137 Å². The molecule has 348 valence electrons. The Kier molecular flexibility index (Phi) is 8.02. The maximum Gasteiger partial charge on any atom is 0.161 e. The molecule has 6 aromatic heterocycles. The Labute approximate surface area is 418 Å². The lowest BCUT2D eigenvalue weighted by Gasteiger charge is -2.22. The van der Waals surface area contributed by atoms with Gasteiger partial charge in [-0.1, -0.05) is 147 Å². The van der Waals surface area contributed by atoms with Gasteiger partial charge in [0.25, 0.3) is 0 Å². The van der Waals surface area contributed by atoms with E-state index in [1.54, 1.807) is 0 Å². The number of hydrogen-bond donors (Lipinski definition) is 0. The van der Waals surface area contributed by atoms with Crippen LogP contribution in [0, 0.1) is 0 Å². The summed E-state index contributed by atoms with van der Waals surface area (Å²) in [6, 6.07) is 64.2. The third kappa shape index (κ3) is 5.53. The molecule has 0 aliphatic heterocycles. The van der Waals surface area contributed by atoms with Crippen LogP contribution in [0.5, 0.6) is 0 Å². The lowest BCUT2D eigenvalue weighted by Crippen LogP contribution is -2.11. The minimum Gasteiger partial charge on any atom is -0.454 e. The smallest absolute Gasteiger partial charge is 0.161 e. The summed E-state index contributed by atoms with van der Waals surface area (Å²) in [5, 5.41) is 12.6. The molecular weight excluding hydrogens is 875 g/mol. The SMILES string of the molecule is CC(C)(C)c1cc(-c2ccc3c(c2)c2ccccc2n3-c2cccc(-c3ccccc3)c2)c2c(c1)c1cc(C(C)(C)C)cc3c4ccc5c(c6cc(C(C)(C)C)cc7c8oc9ccccc9c8n5c76)c4n2c13. The maximum absolute atomic E-state index is 6.82. The number of aromatic nitrogens is 3. The lowest BCUT2D eigenvalue weighted by molar-refractivity contribution is 0.591. The molecular formula is C68H55N3O. The first-order valence-electron chi connectivity index (χ1n) is 25.7. The monoisotopic (exact) mass is 929 g/mol. The average molecular weight is 930 g/mol. The first kappa shape index (κ1) is 41.7. The molecule has 4 heteroatoms. The van der Waals surface area contributed by atoms with Crippen molar-refractivity contribution in [3.8, 4) is 27.9 Å². The molecule has 6 heterocycles. The Morgan fingerprint density at radius 1 is 0.333 bits per heavy atom. The summed E-state index contributed by atoms with van der Waals surface area (Å²) in [5.41, 5.74) is 21.5. The van der Waals surface area contributed by atoms with E-state index < -0.39 is 0 Å². The van der Waals surface area contributed by atoms with E-state index in [4.69, 9.17) is 4.42 Å². The molecule has 15 rings (SSSR count). The zero-order valence-electron chi connectivity index (χ0n) is 42.4. The van der Waals surface area contributed by atoms with Crippen molar-refractivity contribution >= 4 is 109 Å². The second kappa shape index (κ2) is 13.9. The Morgan fingerprint density at radius 3 is 1.67 bits per heavy atom. The quantitative estimate of drug-likeness (QED) is 0.173. The highest BCUT2D eigenvalue weighted by Crippen LogP contribution is 2.52. The molecule has 0 fully saturated rings. The van der Waals surface area contributed by atoms with Crippen LogP contribution in [0.4, 0.5) is 0 Å². The largest absolute Gasteiger partial charge is 0.454 e. The van der Waals surface area contributed by atoms with Crippen molar-refractivity contribution < 1.29 is 4.42 Å². The molecule has 0 amide bonds. The van der Waals surface area contributed by atoms with E-state index in [0.717, 1.165) is 27.8 Å². The summed E-state index contributed by atoms with van der Waals surface area (Å²) in [4.78, 5) is 0. The van der Waals surface area contributed by atoms with Crippen LogP contribution in [-0.2, 0) is 16.2 Å². The van der Waals surface area contributed by atoms with Gasteiger partial charge in [0.2, 0.25) is 0 Å². The normalized spacial score (nSPS) is 13.3. The molecule has 0 saturated carbocycles. The van der Waals surface area contributed by atoms with E-state index in [1.807, 2.05) is 0 Å². The van der Waals surface area contributed by atoms with E-state index in [9.17, 15) is 0 Å². The highest BCUT2D eigenvalue weighted by molar-refractivity contribution is 6.35. The van der Waals surface area contributed by atoms with E-state index in [0.29, 0.717) is 0 Å². The number of nitrogens with zero attached hydrogens (tertiary/aromatic N) is 3. The van der Waals surface area contributed by atoms with Crippen LogP contribution >= 0.6 is 0 Å². The van der Waals surface area contributed by atoms with Crippen molar-refractivity contribution in [1.29, 1.82) is 0 Å². The second-order valence-corrected chi connectivity index (χ2v) is 23.8.